The first-order chi connectivity index (χ1) is 22.1. The maximum Gasteiger partial charge on any atom is 0.272 e. The summed E-state index contributed by atoms with van der Waals surface area (Å²) >= 11 is 1.37. The molecule has 0 bridgehead atoms. The molecule has 4 rings (SSSR count). The van der Waals surface area contributed by atoms with Crippen LogP contribution < -0.4 is 30.2 Å². The fraction of sp³-hybridized carbons (Fsp3) is 0.194. The van der Waals surface area contributed by atoms with E-state index in [2.05, 4.69) is 16.0 Å². The van der Waals surface area contributed by atoms with Gasteiger partial charge in [0.25, 0.3) is 11.8 Å². The van der Waals surface area contributed by atoms with Crippen LogP contribution in [0.15, 0.2) is 95.5 Å². The van der Waals surface area contributed by atoms with Crippen LogP contribution in [0.3, 0.4) is 0 Å². The van der Waals surface area contributed by atoms with Gasteiger partial charge in [0.15, 0.2) is 11.5 Å². The zero-order valence-corrected chi connectivity index (χ0v) is 27.4. The van der Waals surface area contributed by atoms with Crippen molar-refractivity contribution in [2.24, 2.45) is 0 Å². The smallest absolute Gasteiger partial charge is 0.272 e. The molecule has 3 amide bonds. The summed E-state index contributed by atoms with van der Waals surface area (Å²) in [6, 6.07) is 25.0. The van der Waals surface area contributed by atoms with Crippen molar-refractivity contribution in [3.8, 4) is 17.2 Å². The third-order valence-electron chi connectivity index (χ3n) is 7.03. The minimum absolute atomic E-state index is 0.0115. The van der Waals surface area contributed by atoms with Crippen LogP contribution in [0.2, 0.25) is 0 Å². The van der Waals surface area contributed by atoms with Crippen LogP contribution in [0.25, 0.3) is 6.08 Å². The van der Waals surface area contributed by atoms with Crippen LogP contribution in [0.1, 0.15) is 34.0 Å². The Bertz CT molecular complexity index is 1710. The highest BCUT2D eigenvalue weighted by atomic mass is 32.2. The van der Waals surface area contributed by atoms with Crippen molar-refractivity contribution in [2.75, 3.05) is 32.0 Å². The van der Waals surface area contributed by atoms with Gasteiger partial charge in [0.1, 0.15) is 5.70 Å². The number of amides is 3. The van der Waals surface area contributed by atoms with Crippen molar-refractivity contribution in [1.29, 1.82) is 0 Å². The molecule has 0 radical (unpaired) electrons. The maximum absolute atomic E-state index is 13.7. The van der Waals surface area contributed by atoms with Crippen molar-refractivity contribution < 1.29 is 28.6 Å². The Labute approximate surface area is 273 Å². The third kappa shape index (κ3) is 8.48. The molecule has 46 heavy (non-hydrogen) atoms. The third-order valence-corrected chi connectivity index (χ3v) is 8.12. The normalized spacial score (nSPS) is 11.7. The first-order valence-corrected chi connectivity index (χ1v) is 15.3. The van der Waals surface area contributed by atoms with Gasteiger partial charge in [-0.2, -0.15) is 0 Å². The van der Waals surface area contributed by atoms with Crippen LogP contribution in [-0.4, -0.2) is 44.3 Å². The topological polar surface area (TPSA) is 115 Å². The van der Waals surface area contributed by atoms with Gasteiger partial charge in [-0.15, -0.1) is 11.8 Å². The number of para-hydroxylation sites is 1. The van der Waals surface area contributed by atoms with Crippen LogP contribution in [0.4, 0.5) is 11.4 Å². The van der Waals surface area contributed by atoms with Gasteiger partial charge in [-0.1, -0.05) is 42.5 Å². The molecule has 0 saturated carbocycles. The number of nitrogens with one attached hydrogen (secondary N) is 3. The highest BCUT2D eigenvalue weighted by Crippen LogP contribution is 2.38. The fourth-order valence-electron chi connectivity index (χ4n) is 4.63. The number of methoxy groups -OCH3 is 3. The highest BCUT2D eigenvalue weighted by Gasteiger charge is 2.19. The number of benzene rings is 4. The molecule has 1 unspecified atom stereocenters. The van der Waals surface area contributed by atoms with E-state index in [1.807, 2.05) is 45.0 Å². The van der Waals surface area contributed by atoms with Crippen molar-refractivity contribution >= 4 is 46.9 Å². The van der Waals surface area contributed by atoms with Crippen molar-refractivity contribution in [1.82, 2.24) is 5.32 Å². The minimum atomic E-state index is -0.555. The van der Waals surface area contributed by atoms with E-state index in [0.29, 0.717) is 34.1 Å². The van der Waals surface area contributed by atoms with Gasteiger partial charge in [0, 0.05) is 21.8 Å². The average molecular weight is 640 g/mol. The molecule has 4 aromatic carbocycles. The van der Waals surface area contributed by atoms with Gasteiger partial charge in [-0.05, 0) is 86.0 Å². The molecule has 10 heteroatoms. The fourth-order valence-corrected chi connectivity index (χ4v) is 5.56. The number of hydrogen-bond donors (Lipinski definition) is 3. The molecule has 0 aromatic heterocycles. The Morgan fingerprint density at radius 3 is 2.00 bits per heavy atom. The zero-order chi connectivity index (χ0) is 33.2. The Balaban J connectivity index is 1.57. The molecule has 238 valence electrons. The summed E-state index contributed by atoms with van der Waals surface area (Å²) < 4.78 is 16.3. The largest absolute Gasteiger partial charge is 0.493 e. The SMILES string of the molecule is COc1cc(/C=C(/NC(=O)c2ccccc2)C(=O)Nc2cccc(SC(C)C(=O)Nc3c(C)cccc3C)c2)cc(OC)c1OC. The van der Waals surface area contributed by atoms with E-state index in [4.69, 9.17) is 14.2 Å². The van der Waals surface area contributed by atoms with Crippen molar-refractivity contribution in [3.63, 3.8) is 0 Å². The second-order valence-corrected chi connectivity index (χ2v) is 11.7. The number of thioether (sulfide) groups is 1. The summed E-state index contributed by atoms with van der Waals surface area (Å²) in [6.07, 6.45) is 1.53. The van der Waals surface area contributed by atoms with E-state index in [1.165, 1.54) is 39.2 Å². The second-order valence-electron chi connectivity index (χ2n) is 10.3. The van der Waals surface area contributed by atoms with Crippen LogP contribution in [-0.2, 0) is 9.59 Å². The first kappa shape index (κ1) is 33.7. The lowest BCUT2D eigenvalue weighted by Crippen LogP contribution is -2.30. The van der Waals surface area contributed by atoms with Gasteiger partial charge in [-0.25, -0.2) is 0 Å². The van der Waals surface area contributed by atoms with Gasteiger partial charge in [0.05, 0.1) is 26.6 Å². The summed E-state index contributed by atoms with van der Waals surface area (Å²) in [5.74, 6) is 0.0395. The number of rotatable bonds is 12. The van der Waals surface area contributed by atoms with Gasteiger partial charge in [0.2, 0.25) is 11.7 Å². The van der Waals surface area contributed by atoms with E-state index in [0.717, 1.165) is 21.7 Å². The molecule has 1 atom stereocenters. The lowest BCUT2D eigenvalue weighted by Gasteiger charge is -2.16. The molecule has 0 spiro atoms. The molecular weight excluding hydrogens is 602 g/mol. The zero-order valence-electron chi connectivity index (χ0n) is 26.6. The lowest BCUT2D eigenvalue weighted by atomic mass is 10.1. The molecule has 4 aromatic rings. The Morgan fingerprint density at radius 2 is 1.39 bits per heavy atom. The van der Waals surface area contributed by atoms with Gasteiger partial charge >= 0.3 is 0 Å². The van der Waals surface area contributed by atoms with Crippen LogP contribution >= 0.6 is 11.8 Å². The summed E-state index contributed by atoms with van der Waals surface area (Å²) in [5.41, 5.74) is 4.18. The summed E-state index contributed by atoms with van der Waals surface area (Å²) in [4.78, 5) is 40.6. The number of carbonyl (C=O) groups excluding carboxylic acids is 3. The average Bonchev–Trinajstić information content (AvgIpc) is 3.06. The molecule has 0 aliphatic carbocycles. The lowest BCUT2D eigenvalue weighted by molar-refractivity contribution is -0.115. The highest BCUT2D eigenvalue weighted by molar-refractivity contribution is 8.00. The maximum atomic E-state index is 13.7. The van der Waals surface area contributed by atoms with E-state index < -0.39 is 17.1 Å². The molecule has 9 nitrogen and oxygen atoms in total. The predicted octanol–water partition coefficient (Wildman–Crippen LogP) is 6.86. The van der Waals surface area contributed by atoms with E-state index in [1.54, 1.807) is 60.7 Å². The Morgan fingerprint density at radius 1 is 0.761 bits per heavy atom. The molecule has 0 fully saturated rings. The summed E-state index contributed by atoms with van der Waals surface area (Å²) in [7, 11) is 4.49. The number of anilines is 2. The predicted molar refractivity (Wildman–Crippen MR) is 183 cm³/mol. The number of carbonyl (C=O) groups is 3. The minimum Gasteiger partial charge on any atom is -0.493 e. The van der Waals surface area contributed by atoms with Crippen molar-refractivity contribution in [2.45, 2.75) is 30.9 Å². The van der Waals surface area contributed by atoms with Crippen LogP contribution in [0.5, 0.6) is 17.2 Å². The summed E-state index contributed by atoms with van der Waals surface area (Å²) in [5, 5.41) is 8.24. The standard InChI is InChI=1S/C36H37N3O6S/c1-22-12-10-13-23(2)32(22)39-34(40)24(3)46-28-17-11-16-27(21-28)37-36(42)29(38-35(41)26-14-8-7-9-15-26)18-25-19-30(43-4)33(45-6)31(20-25)44-5/h7-21,24H,1-6H3,(H,37,42)(H,38,41)(H,39,40)/b29-18+. The quantitative estimate of drug-likeness (QED) is 0.115. The molecule has 0 saturated heterocycles. The van der Waals surface area contributed by atoms with Crippen molar-refractivity contribution in [3.05, 3.63) is 113 Å². The van der Waals surface area contributed by atoms with Gasteiger partial charge in [-0.3, -0.25) is 14.4 Å². The molecular formula is C36H37N3O6S. The molecule has 0 heterocycles. The van der Waals surface area contributed by atoms with Gasteiger partial charge < -0.3 is 30.2 Å². The number of ether oxygens (including phenoxy) is 3. The molecule has 0 aliphatic rings. The monoisotopic (exact) mass is 639 g/mol. The first-order valence-electron chi connectivity index (χ1n) is 14.5. The van der Waals surface area contributed by atoms with E-state index in [9.17, 15) is 14.4 Å². The number of aryl methyl sites for hydroxylation is 2. The van der Waals surface area contributed by atoms with Crippen LogP contribution in [0, 0.1) is 13.8 Å². The second kappa shape index (κ2) is 15.7. The Kier molecular flexibility index (Phi) is 11.5. The van der Waals surface area contributed by atoms with E-state index in [-0.39, 0.29) is 11.6 Å². The number of hydrogen-bond acceptors (Lipinski definition) is 7. The summed E-state index contributed by atoms with van der Waals surface area (Å²) in [6.45, 7) is 5.74. The van der Waals surface area contributed by atoms with E-state index >= 15 is 0 Å². The molecule has 3 N–H and O–H groups in total. The Hall–Kier alpha value is -5.22. The molecule has 0 aliphatic heterocycles.